The minimum atomic E-state index is -3.13. The summed E-state index contributed by atoms with van der Waals surface area (Å²) in [6.45, 7) is 0.877. The number of rotatable bonds is 2. The Morgan fingerprint density at radius 1 is 1.40 bits per heavy atom. The molecular weight excluding hydrogens is 300 g/mol. The molecule has 0 radical (unpaired) electrons. The smallest absolute Gasteiger partial charge is 0.211 e. The molecule has 0 atom stereocenters. The lowest BCUT2D eigenvalue weighted by Crippen LogP contribution is -2.33. The average Bonchev–Trinajstić information content (AvgIpc) is 2.83. The summed E-state index contributed by atoms with van der Waals surface area (Å²) in [5.41, 5.74) is 2.67. The molecule has 0 amide bonds. The highest BCUT2D eigenvalue weighted by Gasteiger charge is 2.21. The maximum absolute atomic E-state index is 11.5. The molecule has 2 aromatic heterocycles. The summed E-state index contributed by atoms with van der Waals surface area (Å²) >= 11 is 6.01. The molecule has 3 heterocycles. The lowest BCUT2D eigenvalue weighted by molar-refractivity contribution is 0.445. The van der Waals surface area contributed by atoms with Crippen molar-refractivity contribution < 1.29 is 8.42 Å². The molecule has 0 aromatic carbocycles. The predicted octanol–water partition coefficient (Wildman–Crippen LogP) is 1.66. The SMILES string of the molecule is CS(=O)(=O)N1CC=C(c2cc3c(Cl)ncnc3[nH]2)CC1. The second-order valence-electron chi connectivity index (χ2n) is 4.71. The maximum atomic E-state index is 11.5. The number of aromatic nitrogens is 3. The Hall–Kier alpha value is -1.44. The van der Waals surface area contributed by atoms with Crippen LogP contribution < -0.4 is 0 Å². The number of sulfonamides is 1. The van der Waals surface area contributed by atoms with Crippen LogP contribution >= 0.6 is 11.6 Å². The minimum Gasteiger partial charge on any atom is -0.339 e. The quantitative estimate of drug-likeness (QED) is 0.855. The van der Waals surface area contributed by atoms with Gasteiger partial charge in [-0.25, -0.2) is 18.4 Å². The van der Waals surface area contributed by atoms with Crippen molar-refractivity contribution in [3.8, 4) is 0 Å². The predicted molar refractivity (Wildman–Crippen MR) is 77.9 cm³/mol. The number of hydrogen-bond acceptors (Lipinski definition) is 4. The molecule has 0 unspecified atom stereocenters. The molecule has 0 saturated carbocycles. The van der Waals surface area contributed by atoms with Gasteiger partial charge < -0.3 is 4.98 Å². The van der Waals surface area contributed by atoms with E-state index in [1.807, 2.05) is 12.1 Å². The first kappa shape index (κ1) is 13.5. The van der Waals surface area contributed by atoms with Gasteiger partial charge in [0.1, 0.15) is 17.1 Å². The summed E-state index contributed by atoms with van der Waals surface area (Å²) in [4.78, 5) is 11.3. The van der Waals surface area contributed by atoms with Crippen LogP contribution in [0, 0.1) is 0 Å². The van der Waals surface area contributed by atoms with Gasteiger partial charge in [-0.3, -0.25) is 0 Å². The van der Waals surface area contributed by atoms with Crippen molar-refractivity contribution in [3.63, 3.8) is 0 Å². The van der Waals surface area contributed by atoms with Crippen LogP contribution in [-0.4, -0.2) is 47.0 Å². The van der Waals surface area contributed by atoms with E-state index in [4.69, 9.17) is 11.6 Å². The highest BCUT2D eigenvalue weighted by Crippen LogP contribution is 2.27. The molecule has 1 aliphatic rings. The maximum Gasteiger partial charge on any atom is 0.211 e. The molecule has 2 aromatic rings. The van der Waals surface area contributed by atoms with Crippen LogP contribution in [0.5, 0.6) is 0 Å². The standard InChI is InChI=1S/C12H13ClN4O2S/c1-20(18,19)17-4-2-8(3-5-17)10-6-9-11(13)14-7-15-12(9)16-10/h2,6-7H,3-5H2,1H3,(H,14,15,16). The average molecular weight is 313 g/mol. The van der Waals surface area contributed by atoms with Gasteiger partial charge in [0.2, 0.25) is 10.0 Å². The minimum absolute atomic E-state index is 0.392. The van der Waals surface area contributed by atoms with Gasteiger partial charge >= 0.3 is 0 Å². The topological polar surface area (TPSA) is 79.0 Å². The van der Waals surface area contributed by atoms with Crippen LogP contribution in [-0.2, 0) is 10.0 Å². The van der Waals surface area contributed by atoms with E-state index in [-0.39, 0.29) is 0 Å². The summed E-state index contributed by atoms with van der Waals surface area (Å²) in [7, 11) is -3.13. The fraction of sp³-hybridized carbons (Fsp3) is 0.333. The highest BCUT2D eigenvalue weighted by molar-refractivity contribution is 7.88. The normalized spacial score (nSPS) is 17.4. The Bertz CT molecular complexity index is 797. The molecule has 0 fully saturated rings. The number of H-pyrrole nitrogens is 1. The molecule has 1 aliphatic heterocycles. The second-order valence-corrected chi connectivity index (χ2v) is 7.05. The molecule has 20 heavy (non-hydrogen) atoms. The van der Waals surface area contributed by atoms with Gasteiger partial charge in [0.25, 0.3) is 0 Å². The zero-order valence-corrected chi connectivity index (χ0v) is 12.4. The van der Waals surface area contributed by atoms with Crippen molar-refractivity contribution in [2.45, 2.75) is 6.42 Å². The first-order chi connectivity index (χ1) is 9.45. The van der Waals surface area contributed by atoms with Gasteiger partial charge in [0.05, 0.1) is 11.6 Å². The fourth-order valence-corrected chi connectivity index (χ4v) is 3.23. The molecule has 8 heteroatoms. The number of hydrogen-bond donors (Lipinski definition) is 1. The molecule has 6 nitrogen and oxygen atoms in total. The van der Waals surface area contributed by atoms with Crippen LogP contribution in [0.1, 0.15) is 12.1 Å². The van der Waals surface area contributed by atoms with Crippen LogP contribution in [0.4, 0.5) is 0 Å². The van der Waals surface area contributed by atoms with Crippen LogP contribution in [0.2, 0.25) is 5.15 Å². The van der Waals surface area contributed by atoms with E-state index in [2.05, 4.69) is 15.0 Å². The Balaban J connectivity index is 1.93. The van der Waals surface area contributed by atoms with Gasteiger partial charge in [0, 0.05) is 18.8 Å². The molecular formula is C12H13ClN4O2S. The molecule has 1 N–H and O–H groups in total. The lowest BCUT2D eigenvalue weighted by Gasteiger charge is -2.23. The number of nitrogens with zero attached hydrogens (tertiary/aromatic N) is 3. The number of halogens is 1. The van der Waals surface area contributed by atoms with Gasteiger partial charge in [-0.2, -0.15) is 4.31 Å². The van der Waals surface area contributed by atoms with Crippen molar-refractivity contribution >= 4 is 38.2 Å². The molecule has 0 saturated heterocycles. The molecule has 0 bridgehead atoms. The Morgan fingerprint density at radius 2 is 2.20 bits per heavy atom. The summed E-state index contributed by atoms with van der Waals surface area (Å²) < 4.78 is 24.4. The Labute approximate surface area is 121 Å². The van der Waals surface area contributed by atoms with Crippen molar-refractivity contribution in [2.75, 3.05) is 19.3 Å². The van der Waals surface area contributed by atoms with Crippen molar-refractivity contribution in [1.82, 2.24) is 19.3 Å². The van der Waals surface area contributed by atoms with Crippen molar-refractivity contribution in [3.05, 3.63) is 29.3 Å². The summed E-state index contributed by atoms with van der Waals surface area (Å²) in [6.07, 6.45) is 5.21. The zero-order valence-electron chi connectivity index (χ0n) is 10.8. The van der Waals surface area contributed by atoms with Gasteiger partial charge in [-0.15, -0.1) is 0 Å². The Kier molecular flexibility index (Phi) is 3.27. The van der Waals surface area contributed by atoms with Crippen LogP contribution in [0.3, 0.4) is 0 Å². The van der Waals surface area contributed by atoms with E-state index in [1.54, 1.807) is 0 Å². The lowest BCUT2D eigenvalue weighted by atomic mass is 10.1. The third-order valence-electron chi connectivity index (χ3n) is 3.36. The Morgan fingerprint density at radius 3 is 2.80 bits per heavy atom. The fourth-order valence-electron chi connectivity index (χ4n) is 2.28. The third-order valence-corrected chi connectivity index (χ3v) is 4.93. The van der Waals surface area contributed by atoms with Gasteiger partial charge in [-0.05, 0) is 18.1 Å². The monoisotopic (exact) mass is 312 g/mol. The second kappa shape index (κ2) is 4.83. The summed E-state index contributed by atoms with van der Waals surface area (Å²) in [5.74, 6) is 0. The number of nitrogens with one attached hydrogen (secondary N) is 1. The molecule has 0 aliphatic carbocycles. The van der Waals surface area contributed by atoms with Crippen LogP contribution in [0.25, 0.3) is 16.6 Å². The molecule has 106 valence electrons. The first-order valence-corrected chi connectivity index (χ1v) is 8.31. The van der Waals surface area contributed by atoms with E-state index in [0.717, 1.165) is 16.7 Å². The van der Waals surface area contributed by atoms with E-state index in [9.17, 15) is 8.42 Å². The molecule has 0 spiro atoms. The molecule has 3 rings (SSSR count). The van der Waals surface area contributed by atoms with Gasteiger partial charge in [0.15, 0.2) is 0 Å². The number of fused-ring (bicyclic) bond motifs is 1. The van der Waals surface area contributed by atoms with Crippen molar-refractivity contribution in [2.24, 2.45) is 0 Å². The number of aromatic amines is 1. The van der Waals surface area contributed by atoms with E-state index in [0.29, 0.717) is 30.3 Å². The summed E-state index contributed by atoms with van der Waals surface area (Å²) in [5, 5.41) is 1.18. The first-order valence-electron chi connectivity index (χ1n) is 6.09. The zero-order chi connectivity index (χ0) is 14.3. The van der Waals surface area contributed by atoms with E-state index >= 15 is 0 Å². The van der Waals surface area contributed by atoms with Gasteiger partial charge in [-0.1, -0.05) is 17.7 Å². The summed E-state index contributed by atoms with van der Waals surface area (Å²) in [6, 6.07) is 1.90. The largest absolute Gasteiger partial charge is 0.339 e. The van der Waals surface area contributed by atoms with Crippen molar-refractivity contribution in [1.29, 1.82) is 0 Å². The third kappa shape index (κ3) is 2.44. The van der Waals surface area contributed by atoms with E-state index in [1.165, 1.54) is 16.9 Å². The van der Waals surface area contributed by atoms with Crippen LogP contribution in [0.15, 0.2) is 18.5 Å². The highest BCUT2D eigenvalue weighted by atomic mass is 35.5. The van der Waals surface area contributed by atoms with E-state index < -0.39 is 10.0 Å².